The molecule has 1 saturated heterocycles. The third-order valence-corrected chi connectivity index (χ3v) is 7.66. The van der Waals surface area contributed by atoms with E-state index in [1.165, 1.54) is 0 Å². The van der Waals surface area contributed by atoms with Gasteiger partial charge in [-0.05, 0) is 65.5 Å². The highest BCUT2D eigenvalue weighted by atomic mass is 16.5. The highest BCUT2D eigenvalue weighted by molar-refractivity contribution is 5.95. The van der Waals surface area contributed by atoms with Gasteiger partial charge in [0, 0.05) is 30.4 Å². The summed E-state index contributed by atoms with van der Waals surface area (Å²) in [5.41, 5.74) is 2.76. The van der Waals surface area contributed by atoms with Gasteiger partial charge in [0.25, 0.3) is 5.91 Å². The Labute approximate surface area is 240 Å². The number of allylic oxidation sites excluding steroid dienone is 1. The van der Waals surface area contributed by atoms with Gasteiger partial charge in [-0.1, -0.05) is 30.4 Å². The number of fused-ring (bicyclic) bond motifs is 7. The highest BCUT2D eigenvalue weighted by Gasteiger charge is 2.37. The lowest BCUT2D eigenvalue weighted by atomic mass is 9.92. The predicted octanol–water partition coefficient (Wildman–Crippen LogP) is 4.40. The van der Waals surface area contributed by atoms with Gasteiger partial charge < -0.3 is 24.8 Å². The molecule has 10 heteroatoms. The summed E-state index contributed by atoms with van der Waals surface area (Å²) in [5.74, 6) is -0.626. The summed E-state index contributed by atoms with van der Waals surface area (Å²) < 4.78 is 14.1. The number of aryl methyl sites for hydroxylation is 1. The van der Waals surface area contributed by atoms with E-state index >= 15 is 0 Å². The molecule has 1 amide bonds. The average Bonchev–Trinajstić information content (AvgIpc) is 3.32. The highest BCUT2D eigenvalue weighted by Crippen LogP contribution is 2.37. The maximum atomic E-state index is 13.2. The molecule has 3 aliphatic heterocycles. The molecule has 0 saturated carbocycles. The van der Waals surface area contributed by atoms with E-state index in [1.807, 2.05) is 70.2 Å². The monoisotopic (exact) mass is 561 g/mol. The van der Waals surface area contributed by atoms with E-state index in [1.54, 1.807) is 4.52 Å². The minimum atomic E-state index is -1.24. The standard InChI is InChI=1S/C31H39N5O5/c1-20-25(26(29(38)39)41-30(2,3)4)28-35-15-13-31(5,14-16-35)40-17-9-8-11-21-10-6-7-12-23(21)27(37)32-19-22-18-24(33-20)36(28)34-22/h6-10,12,18,26H,11,13-17,19H2,1-5H3,(H,32,37)(H,38,39)/b9-8+/t26-/m0/s1. The first-order valence-corrected chi connectivity index (χ1v) is 14.1. The van der Waals surface area contributed by atoms with E-state index in [2.05, 4.69) is 17.1 Å². The second kappa shape index (κ2) is 11.3. The normalized spacial score (nSPS) is 19.3. The van der Waals surface area contributed by atoms with Crippen molar-refractivity contribution in [2.45, 2.75) is 77.7 Å². The second-order valence-electron chi connectivity index (χ2n) is 12.1. The van der Waals surface area contributed by atoms with E-state index in [9.17, 15) is 14.7 Å². The Bertz CT molecular complexity index is 1480. The molecule has 218 valence electrons. The quantitative estimate of drug-likeness (QED) is 0.452. The number of rotatable bonds is 3. The summed E-state index contributed by atoms with van der Waals surface area (Å²) in [6.07, 6.45) is 4.96. The van der Waals surface area contributed by atoms with Gasteiger partial charge in [0.2, 0.25) is 0 Å². The topological polar surface area (TPSA) is 118 Å². The number of nitrogens with zero attached hydrogens (tertiary/aromatic N) is 4. The largest absolute Gasteiger partial charge is 0.479 e. The average molecular weight is 562 g/mol. The van der Waals surface area contributed by atoms with Gasteiger partial charge in [-0.25, -0.2) is 9.78 Å². The summed E-state index contributed by atoms with van der Waals surface area (Å²) in [6.45, 7) is 11.4. The lowest BCUT2D eigenvalue weighted by molar-refractivity contribution is -0.160. The molecule has 2 N–H and O–H groups in total. The van der Waals surface area contributed by atoms with Gasteiger partial charge in [-0.15, -0.1) is 0 Å². The van der Waals surface area contributed by atoms with Crippen molar-refractivity contribution in [3.05, 3.63) is 70.6 Å². The molecule has 1 aromatic carbocycles. The zero-order valence-electron chi connectivity index (χ0n) is 24.4. The summed E-state index contributed by atoms with van der Waals surface area (Å²) in [7, 11) is 0. The fourth-order valence-electron chi connectivity index (χ4n) is 5.50. The van der Waals surface area contributed by atoms with Crippen LogP contribution in [0.15, 0.2) is 42.5 Å². The Hall–Kier alpha value is -3.76. The lowest BCUT2D eigenvalue weighted by Gasteiger charge is -2.41. The van der Waals surface area contributed by atoms with Crippen LogP contribution < -0.4 is 10.2 Å². The van der Waals surface area contributed by atoms with Gasteiger partial charge in [0.15, 0.2) is 11.8 Å². The molecule has 1 atom stereocenters. The second-order valence-corrected chi connectivity index (χ2v) is 12.1. The fourth-order valence-corrected chi connectivity index (χ4v) is 5.50. The maximum Gasteiger partial charge on any atom is 0.337 e. The number of carboxylic acid groups (broad SMARTS) is 1. The molecule has 1 fully saturated rings. The number of nitrogens with one attached hydrogen (secondary N) is 1. The molecule has 0 spiro atoms. The predicted molar refractivity (Wildman–Crippen MR) is 155 cm³/mol. The maximum absolute atomic E-state index is 13.2. The molecule has 0 aliphatic carbocycles. The first-order chi connectivity index (χ1) is 19.4. The van der Waals surface area contributed by atoms with Crippen LogP contribution in [0, 0.1) is 6.92 Å². The van der Waals surface area contributed by atoms with Gasteiger partial charge >= 0.3 is 5.97 Å². The number of piperidine rings is 1. The Kier molecular flexibility index (Phi) is 7.89. The third-order valence-electron chi connectivity index (χ3n) is 7.66. The third kappa shape index (κ3) is 6.28. The van der Waals surface area contributed by atoms with Gasteiger partial charge in [-0.2, -0.15) is 9.61 Å². The number of carbonyl (C=O) groups excluding carboxylic acids is 1. The minimum Gasteiger partial charge on any atom is -0.479 e. The first-order valence-electron chi connectivity index (χ1n) is 14.1. The van der Waals surface area contributed by atoms with E-state index < -0.39 is 17.7 Å². The molecule has 3 aromatic rings. The molecule has 0 radical (unpaired) electrons. The van der Waals surface area contributed by atoms with E-state index in [0.29, 0.717) is 60.1 Å². The first kappa shape index (κ1) is 28.8. The molecule has 41 heavy (non-hydrogen) atoms. The number of carbonyl (C=O) groups is 2. The summed E-state index contributed by atoms with van der Waals surface area (Å²) in [6, 6.07) is 9.40. The zero-order valence-corrected chi connectivity index (χ0v) is 24.4. The van der Waals surface area contributed by atoms with Crippen molar-refractivity contribution in [2.24, 2.45) is 0 Å². The van der Waals surface area contributed by atoms with Crippen molar-refractivity contribution < 1.29 is 24.2 Å². The molecule has 4 bridgehead atoms. The zero-order chi connectivity index (χ0) is 29.4. The molecule has 3 aliphatic rings. The molecule has 10 nitrogen and oxygen atoms in total. The number of anilines is 1. The summed E-state index contributed by atoms with van der Waals surface area (Å²) >= 11 is 0. The number of hydrogen-bond acceptors (Lipinski definition) is 7. The van der Waals surface area contributed by atoms with Crippen LogP contribution in [-0.4, -0.2) is 62.5 Å². The fraction of sp³-hybridized carbons (Fsp3) is 0.484. The van der Waals surface area contributed by atoms with Crippen LogP contribution in [0.2, 0.25) is 0 Å². The van der Waals surface area contributed by atoms with Crippen LogP contribution in [0.3, 0.4) is 0 Å². The number of amides is 1. The lowest BCUT2D eigenvalue weighted by Crippen LogP contribution is -2.45. The van der Waals surface area contributed by atoms with Crippen LogP contribution in [0.25, 0.3) is 5.65 Å². The number of ether oxygens (including phenoxy) is 2. The Morgan fingerprint density at radius 3 is 2.63 bits per heavy atom. The van der Waals surface area contributed by atoms with Crippen LogP contribution in [-0.2, 0) is 27.2 Å². The van der Waals surface area contributed by atoms with Crippen molar-refractivity contribution in [3.8, 4) is 0 Å². The molecule has 2 aromatic heterocycles. The van der Waals surface area contributed by atoms with E-state index in [4.69, 9.17) is 19.6 Å². The number of aromatic nitrogens is 3. The SMILES string of the molecule is Cc1nc2cc3nn2c(c1[C@H](OC(C)(C)C)C(=O)O)N1CCC(C)(CC1)OC/C=C/Cc1ccccc1C(=O)NC3. The Morgan fingerprint density at radius 1 is 1.20 bits per heavy atom. The van der Waals surface area contributed by atoms with E-state index in [0.717, 1.165) is 18.4 Å². The molecular formula is C31H39N5O5. The molecule has 5 heterocycles. The molecule has 0 unspecified atom stereocenters. The van der Waals surface area contributed by atoms with Gasteiger partial charge in [0.1, 0.15) is 5.82 Å². The van der Waals surface area contributed by atoms with Gasteiger partial charge in [-0.3, -0.25) is 4.79 Å². The van der Waals surface area contributed by atoms with Crippen LogP contribution in [0.1, 0.15) is 79.5 Å². The van der Waals surface area contributed by atoms with Crippen LogP contribution >= 0.6 is 0 Å². The molecular weight excluding hydrogens is 522 g/mol. The van der Waals surface area contributed by atoms with Crippen molar-refractivity contribution in [3.63, 3.8) is 0 Å². The smallest absolute Gasteiger partial charge is 0.337 e. The van der Waals surface area contributed by atoms with E-state index in [-0.39, 0.29) is 18.1 Å². The number of aliphatic carboxylic acids is 1. The number of benzene rings is 1. The van der Waals surface area contributed by atoms with Crippen molar-refractivity contribution in [1.29, 1.82) is 0 Å². The van der Waals surface area contributed by atoms with Crippen LogP contribution in [0.4, 0.5) is 5.82 Å². The molecule has 6 rings (SSSR count). The summed E-state index contributed by atoms with van der Waals surface area (Å²) in [5, 5.41) is 18.1. The van der Waals surface area contributed by atoms with Crippen LogP contribution in [0.5, 0.6) is 0 Å². The summed E-state index contributed by atoms with van der Waals surface area (Å²) in [4.78, 5) is 32.7. The number of hydrogen-bond donors (Lipinski definition) is 2. The van der Waals surface area contributed by atoms with Crippen molar-refractivity contribution >= 4 is 23.3 Å². The van der Waals surface area contributed by atoms with Crippen molar-refractivity contribution in [2.75, 3.05) is 24.6 Å². The Balaban J connectivity index is 1.62. The van der Waals surface area contributed by atoms with Crippen molar-refractivity contribution in [1.82, 2.24) is 19.9 Å². The van der Waals surface area contributed by atoms with Gasteiger partial charge in [0.05, 0.1) is 35.6 Å². The minimum absolute atomic E-state index is 0.187. The Morgan fingerprint density at radius 2 is 1.93 bits per heavy atom. The number of carboxylic acids is 1.